The van der Waals surface area contributed by atoms with Gasteiger partial charge in [-0.1, -0.05) is 13.8 Å². The van der Waals surface area contributed by atoms with Gasteiger partial charge >= 0.3 is 0 Å². The average Bonchev–Trinajstić information content (AvgIpc) is 3.17. The third-order valence-electron chi connectivity index (χ3n) is 4.77. The van der Waals surface area contributed by atoms with Crippen LogP contribution in [0.2, 0.25) is 0 Å². The molecular formula is C19H36N4O3. The van der Waals surface area contributed by atoms with Crippen LogP contribution in [0.4, 0.5) is 0 Å². The number of carbonyl (C=O) groups is 1. The predicted octanol–water partition coefficient (Wildman–Crippen LogP) is 1.34. The smallest absolute Gasteiger partial charge is 0.251 e. The highest BCUT2D eigenvalue weighted by molar-refractivity contribution is 5.82. The van der Waals surface area contributed by atoms with E-state index >= 15 is 0 Å². The maximum Gasteiger partial charge on any atom is 0.251 e. The Bertz CT molecular complexity index is 442. The maximum absolute atomic E-state index is 12.4. The van der Waals surface area contributed by atoms with E-state index < -0.39 is 0 Å². The summed E-state index contributed by atoms with van der Waals surface area (Å²) in [6.07, 6.45) is 2.73. The highest BCUT2D eigenvalue weighted by Crippen LogP contribution is 2.16. The molecule has 0 aromatic heterocycles. The lowest BCUT2D eigenvalue weighted by molar-refractivity contribution is -0.142. The van der Waals surface area contributed by atoms with Crippen molar-refractivity contribution >= 4 is 11.9 Å². The molecule has 7 nitrogen and oxygen atoms in total. The first-order chi connectivity index (χ1) is 12.6. The quantitative estimate of drug-likeness (QED) is 0.398. The Hall–Kier alpha value is -1.34. The Balaban J connectivity index is 1.74. The predicted molar refractivity (Wildman–Crippen MR) is 103 cm³/mol. The van der Waals surface area contributed by atoms with E-state index in [1.807, 2.05) is 4.90 Å². The fourth-order valence-corrected chi connectivity index (χ4v) is 3.18. The zero-order chi connectivity index (χ0) is 18.8. The topological polar surface area (TPSA) is 66.4 Å². The highest BCUT2D eigenvalue weighted by atomic mass is 16.5. The molecule has 1 amide bonds. The summed E-state index contributed by atoms with van der Waals surface area (Å²) in [5.74, 6) is 1.75. The Morgan fingerprint density at radius 2 is 1.96 bits per heavy atom. The van der Waals surface area contributed by atoms with Gasteiger partial charge in [-0.05, 0) is 32.1 Å². The Labute approximate surface area is 158 Å². The molecule has 2 saturated heterocycles. The molecule has 2 aliphatic heterocycles. The number of guanidine groups is 1. The van der Waals surface area contributed by atoms with Crippen LogP contribution in [-0.4, -0.2) is 86.9 Å². The molecule has 0 saturated carbocycles. The van der Waals surface area contributed by atoms with Crippen molar-refractivity contribution in [1.82, 2.24) is 15.1 Å². The van der Waals surface area contributed by atoms with Gasteiger partial charge in [-0.3, -0.25) is 9.79 Å². The molecule has 0 aromatic carbocycles. The van der Waals surface area contributed by atoms with E-state index in [0.717, 1.165) is 64.6 Å². The molecule has 2 fully saturated rings. The number of carbonyl (C=O) groups excluding carboxylic acids is 1. The molecule has 1 atom stereocenters. The number of rotatable bonds is 8. The van der Waals surface area contributed by atoms with Crippen LogP contribution in [0.5, 0.6) is 0 Å². The molecule has 0 aromatic rings. The fourth-order valence-electron chi connectivity index (χ4n) is 3.18. The van der Waals surface area contributed by atoms with Crippen LogP contribution < -0.4 is 5.32 Å². The van der Waals surface area contributed by atoms with Crippen molar-refractivity contribution in [3.8, 4) is 0 Å². The summed E-state index contributed by atoms with van der Waals surface area (Å²) in [4.78, 5) is 21.3. The van der Waals surface area contributed by atoms with Crippen LogP contribution in [0, 0.1) is 5.92 Å². The molecule has 1 unspecified atom stereocenters. The van der Waals surface area contributed by atoms with Crippen molar-refractivity contribution in [3.05, 3.63) is 0 Å². The monoisotopic (exact) mass is 368 g/mol. The summed E-state index contributed by atoms with van der Waals surface area (Å²) in [6.45, 7) is 13.2. The number of nitrogens with zero attached hydrogens (tertiary/aromatic N) is 3. The van der Waals surface area contributed by atoms with Crippen LogP contribution in [0.25, 0.3) is 0 Å². The first-order valence-corrected chi connectivity index (χ1v) is 10.1. The summed E-state index contributed by atoms with van der Waals surface area (Å²) in [6, 6.07) is 0. The van der Waals surface area contributed by atoms with Crippen molar-refractivity contribution < 1.29 is 14.3 Å². The van der Waals surface area contributed by atoms with Crippen LogP contribution in [-0.2, 0) is 14.3 Å². The second kappa shape index (κ2) is 11.4. The van der Waals surface area contributed by atoms with E-state index in [4.69, 9.17) is 9.47 Å². The molecular weight excluding hydrogens is 332 g/mol. The van der Waals surface area contributed by atoms with Gasteiger partial charge in [0.15, 0.2) is 5.96 Å². The Kier molecular flexibility index (Phi) is 9.18. The van der Waals surface area contributed by atoms with Gasteiger partial charge in [0.2, 0.25) is 0 Å². The lowest BCUT2D eigenvalue weighted by Gasteiger charge is -2.37. The van der Waals surface area contributed by atoms with Crippen LogP contribution in [0.1, 0.15) is 40.0 Å². The van der Waals surface area contributed by atoms with Crippen molar-refractivity contribution in [2.45, 2.75) is 46.1 Å². The number of aliphatic imine (C=N–C) groups is 1. The summed E-state index contributed by atoms with van der Waals surface area (Å²) in [7, 11) is 0. The van der Waals surface area contributed by atoms with Crippen LogP contribution >= 0.6 is 0 Å². The molecule has 2 heterocycles. The lowest BCUT2D eigenvalue weighted by Crippen LogP contribution is -2.55. The number of ether oxygens (including phenoxy) is 2. The maximum atomic E-state index is 12.4. The number of hydrogen-bond acceptors (Lipinski definition) is 4. The van der Waals surface area contributed by atoms with E-state index in [9.17, 15) is 4.79 Å². The zero-order valence-corrected chi connectivity index (χ0v) is 16.7. The van der Waals surface area contributed by atoms with Gasteiger partial charge in [-0.2, -0.15) is 0 Å². The van der Waals surface area contributed by atoms with Crippen LogP contribution in [0.3, 0.4) is 0 Å². The summed E-state index contributed by atoms with van der Waals surface area (Å²) >= 11 is 0. The molecule has 2 aliphatic rings. The number of amides is 1. The SMILES string of the molecule is CCNC(=NCCOCCC(C)C)N1CCN(C(=O)C2CCCO2)CC1. The second-order valence-electron chi connectivity index (χ2n) is 7.34. The average molecular weight is 369 g/mol. The van der Waals surface area contributed by atoms with Gasteiger partial charge in [0.25, 0.3) is 5.91 Å². The number of hydrogen-bond donors (Lipinski definition) is 1. The Morgan fingerprint density at radius 3 is 2.58 bits per heavy atom. The summed E-state index contributed by atoms with van der Waals surface area (Å²) < 4.78 is 11.2. The molecule has 7 heteroatoms. The van der Waals surface area contributed by atoms with Crippen LogP contribution in [0.15, 0.2) is 4.99 Å². The molecule has 0 aliphatic carbocycles. The van der Waals surface area contributed by atoms with Crippen molar-refractivity contribution in [2.24, 2.45) is 10.9 Å². The second-order valence-corrected chi connectivity index (χ2v) is 7.34. The van der Waals surface area contributed by atoms with Crippen molar-refractivity contribution in [1.29, 1.82) is 0 Å². The highest BCUT2D eigenvalue weighted by Gasteiger charge is 2.30. The van der Waals surface area contributed by atoms with Crippen molar-refractivity contribution in [2.75, 3.05) is 59.1 Å². The number of piperazine rings is 1. The van der Waals surface area contributed by atoms with Gasteiger partial charge in [0.1, 0.15) is 6.10 Å². The molecule has 150 valence electrons. The molecule has 2 rings (SSSR count). The fraction of sp³-hybridized carbons (Fsp3) is 0.895. The van der Waals surface area contributed by atoms with E-state index in [2.05, 4.69) is 36.0 Å². The van der Waals surface area contributed by atoms with E-state index in [1.165, 1.54) is 0 Å². The van der Waals surface area contributed by atoms with Gasteiger partial charge in [-0.25, -0.2) is 0 Å². The van der Waals surface area contributed by atoms with E-state index in [0.29, 0.717) is 25.7 Å². The molecule has 1 N–H and O–H groups in total. The Morgan fingerprint density at radius 1 is 1.23 bits per heavy atom. The van der Waals surface area contributed by atoms with Gasteiger partial charge in [0.05, 0.1) is 13.2 Å². The third kappa shape index (κ3) is 6.76. The normalized spacial score (nSPS) is 21.5. The lowest BCUT2D eigenvalue weighted by atomic mass is 10.1. The van der Waals surface area contributed by atoms with Gasteiger partial charge < -0.3 is 24.6 Å². The summed E-state index contributed by atoms with van der Waals surface area (Å²) in [5, 5.41) is 3.35. The molecule has 0 radical (unpaired) electrons. The first kappa shape index (κ1) is 21.0. The minimum Gasteiger partial charge on any atom is -0.380 e. The standard InChI is InChI=1S/C19H36N4O3/c1-4-20-19(21-8-15-25-14-7-16(2)3)23-11-9-22(10-12-23)18(24)17-6-5-13-26-17/h16-17H,4-15H2,1-3H3,(H,20,21). The largest absolute Gasteiger partial charge is 0.380 e. The van der Waals surface area contributed by atoms with E-state index in [1.54, 1.807) is 0 Å². The minimum absolute atomic E-state index is 0.155. The van der Waals surface area contributed by atoms with Crippen molar-refractivity contribution in [3.63, 3.8) is 0 Å². The minimum atomic E-state index is -0.216. The number of nitrogens with one attached hydrogen (secondary N) is 1. The zero-order valence-electron chi connectivity index (χ0n) is 16.7. The van der Waals surface area contributed by atoms with E-state index in [-0.39, 0.29) is 12.0 Å². The first-order valence-electron chi connectivity index (χ1n) is 10.1. The summed E-state index contributed by atoms with van der Waals surface area (Å²) in [5.41, 5.74) is 0. The third-order valence-corrected chi connectivity index (χ3v) is 4.77. The van der Waals surface area contributed by atoms with Gasteiger partial charge in [0, 0.05) is 45.9 Å². The molecule has 26 heavy (non-hydrogen) atoms. The molecule has 0 bridgehead atoms. The van der Waals surface area contributed by atoms with Gasteiger partial charge in [-0.15, -0.1) is 0 Å². The molecule has 0 spiro atoms.